The Balaban J connectivity index is 1.47. The molecule has 2 heterocycles. The van der Waals surface area contributed by atoms with E-state index < -0.39 is 22.0 Å². The molecule has 1 saturated carbocycles. The number of rotatable bonds is 9. The summed E-state index contributed by atoms with van der Waals surface area (Å²) < 4.78 is 70.4. The van der Waals surface area contributed by atoms with Crippen LogP contribution in [0.25, 0.3) is 11.0 Å². The highest BCUT2D eigenvalue weighted by molar-refractivity contribution is 7.92. The van der Waals surface area contributed by atoms with Gasteiger partial charge in [0.1, 0.15) is 24.1 Å². The number of fused-ring (bicyclic) bond motifs is 1. The fourth-order valence-corrected chi connectivity index (χ4v) is 5.51. The van der Waals surface area contributed by atoms with Gasteiger partial charge >= 0.3 is 6.18 Å². The van der Waals surface area contributed by atoms with Crippen LogP contribution in [0.5, 0.6) is 5.75 Å². The first-order chi connectivity index (χ1) is 17.1. The lowest BCUT2D eigenvalue weighted by molar-refractivity contribution is -0.106. The van der Waals surface area contributed by atoms with Crippen LogP contribution >= 0.6 is 0 Å². The van der Waals surface area contributed by atoms with Crippen LogP contribution in [-0.2, 0) is 23.2 Å². The van der Waals surface area contributed by atoms with Crippen molar-refractivity contribution in [2.45, 2.75) is 57.9 Å². The number of aryl methyl sites for hydroxylation is 1. The third-order valence-corrected chi connectivity index (χ3v) is 7.43. The molecule has 192 valence electrons. The fraction of sp³-hybridized carbons (Fsp3) is 0.458. The smallest absolute Gasteiger partial charge is 0.404 e. The highest BCUT2D eigenvalue weighted by atomic mass is 32.2. The van der Waals surface area contributed by atoms with Gasteiger partial charge in [-0.15, -0.1) is 0 Å². The molecule has 3 aromatic rings. The molecule has 0 aliphatic heterocycles. The van der Waals surface area contributed by atoms with Gasteiger partial charge in [0.25, 0.3) is 0 Å². The average Bonchev–Trinajstić information content (AvgIpc) is 3.17. The van der Waals surface area contributed by atoms with Crippen molar-refractivity contribution in [2.24, 2.45) is 5.92 Å². The Morgan fingerprint density at radius 1 is 1.17 bits per heavy atom. The number of nitriles is 1. The van der Waals surface area contributed by atoms with Gasteiger partial charge in [-0.3, -0.25) is 4.72 Å². The summed E-state index contributed by atoms with van der Waals surface area (Å²) in [5.74, 6) is -0.798. The van der Waals surface area contributed by atoms with E-state index in [0.717, 1.165) is 24.0 Å². The number of halogens is 3. The Morgan fingerprint density at radius 2 is 1.89 bits per heavy atom. The first kappa shape index (κ1) is 25.8. The molecule has 0 spiro atoms. The normalized spacial score (nSPS) is 15.1. The highest BCUT2D eigenvalue weighted by Gasteiger charge is 2.35. The average molecular weight is 522 g/mol. The third kappa shape index (κ3) is 6.87. The zero-order chi connectivity index (χ0) is 25.8. The van der Waals surface area contributed by atoms with Crippen molar-refractivity contribution in [3.8, 4) is 11.8 Å². The van der Waals surface area contributed by atoms with Crippen LogP contribution in [0.1, 0.15) is 50.0 Å². The molecule has 12 heteroatoms. The summed E-state index contributed by atoms with van der Waals surface area (Å²) in [5.41, 5.74) is 1.53. The molecule has 0 saturated heterocycles. The highest BCUT2D eigenvalue weighted by Crippen LogP contribution is 2.29. The number of nitrogens with one attached hydrogen (secondary N) is 1. The van der Waals surface area contributed by atoms with Gasteiger partial charge in [-0.1, -0.05) is 32.1 Å². The van der Waals surface area contributed by atoms with Gasteiger partial charge in [-0.05, 0) is 42.7 Å². The number of benzene rings is 1. The van der Waals surface area contributed by atoms with Crippen LogP contribution in [0.2, 0.25) is 0 Å². The summed E-state index contributed by atoms with van der Waals surface area (Å²) in [5, 5.41) is 10.0. The molecule has 0 amide bonds. The topological polar surface area (TPSA) is 110 Å². The van der Waals surface area contributed by atoms with Crippen LogP contribution in [0.3, 0.4) is 0 Å². The van der Waals surface area contributed by atoms with Crippen LogP contribution in [0, 0.1) is 17.2 Å². The number of ether oxygens (including phenoxy) is 1. The molecule has 1 aliphatic rings. The van der Waals surface area contributed by atoms with Crippen molar-refractivity contribution in [3.05, 3.63) is 48.0 Å². The molecule has 2 aromatic heterocycles. The minimum Gasteiger partial charge on any atom is -0.487 e. The van der Waals surface area contributed by atoms with E-state index in [9.17, 15) is 26.9 Å². The molecule has 1 aromatic carbocycles. The summed E-state index contributed by atoms with van der Waals surface area (Å²) in [6.07, 6.45) is 3.97. The van der Waals surface area contributed by atoms with Crippen LogP contribution in [0.4, 0.5) is 18.9 Å². The van der Waals surface area contributed by atoms with E-state index in [1.807, 2.05) is 21.4 Å². The van der Waals surface area contributed by atoms with Gasteiger partial charge in [0.2, 0.25) is 15.8 Å². The molecule has 1 fully saturated rings. The minimum atomic E-state index is -4.83. The van der Waals surface area contributed by atoms with Crippen LogP contribution in [-0.4, -0.2) is 34.9 Å². The number of hydrogen-bond donors (Lipinski definition) is 1. The van der Waals surface area contributed by atoms with Crippen molar-refractivity contribution in [1.82, 2.24) is 14.5 Å². The Labute approximate surface area is 207 Å². The first-order valence-electron chi connectivity index (χ1n) is 11.7. The van der Waals surface area contributed by atoms with Crippen molar-refractivity contribution in [1.29, 1.82) is 5.26 Å². The Kier molecular flexibility index (Phi) is 7.68. The lowest BCUT2D eigenvalue weighted by Crippen LogP contribution is -2.27. The van der Waals surface area contributed by atoms with Crippen molar-refractivity contribution >= 4 is 26.7 Å². The summed E-state index contributed by atoms with van der Waals surface area (Å²) in [6, 6.07) is 9.53. The standard InChI is InChI=1S/C24H26F3N5O3S/c25-24(26,27)16-36(33,34)31-19-6-8-21(9-7-19)35-15-20-12-18-14-29-22(13-28)30-23(18)32(20)11-10-17-4-2-1-3-5-17/h6-9,12,14,17,31H,1-5,10-11,15-16H2. The van der Waals surface area contributed by atoms with E-state index >= 15 is 0 Å². The van der Waals surface area contributed by atoms with Gasteiger partial charge in [0.05, 0.1) is 5.69 Å². The van der Waals surface area contributed by atoms with Gasteiger partial charge in [-0.25, -0.2) is 18.4 Å². The summed E-state index contributed by atoms with van der Waals surface area (Å²) in [6.45, 7) is 0.913. The quantitative estimate of drug-likeness (QED) is 0.417. The number of sulfonamides is 1. The molecule has 4 rings (SSSR count). The zero-order valence-electron chi connectivity index (χ0n) is 19.5. The molecule has 0 bridgehead atoms. The van der Waals surface area contributed by atoms with E-state index in [0.29, 0.717) is 17.3 Å². The molecule has 8 nitrogen and oxygen atoms in total. The Morgan fingerprint density at radius 3 is 2.56 bits per heavy atom. The SMILES string of the molecule is N#Cc1ncc2cc(COc3ccc(NS(=O)(=O)CC(F)(F)F)cc3)n(CCC3CCCCC3)c2n1. The van der Waals surface area contributed by atoms with E-state index in [4.69, 9.17) is 4.74 Å². The lowest BCUT2D eigenvalue weighted by Gasteiger charge is -2.22. The maximum atomic E-state index is 12.4. The summed E-state index contributed by atoms with van der Waals surface area (Å²) in [7, 11) is -4.56. The van der Waals surface area contributed by atoms with Crippen molar-refractivity contribution < 1.29 is 26.3 Å². The van der Waals surface area contributed by atoms with Crippen LogP contribution < -0.4 is 9.46 Å². The second-order valence-electron chi connectivity index (χ2n) is 8.95. The van der Waals surface area contributed by atoms with Crippen LogP contribution in [0.15, 0.2) is 36.5 Å². The molecular weight excluding hydrogens is 495 g/mol. The number of hydrogen-bond acceptors (Lipinski definition) is 6. The minimum absolute atomic E-state index is 0.00695. The maximum Gasteiger partial charge on any atom is 0.404 e. The molecule has 1 aliphatic carbocycles. The van der Waals surface area contributed by atoms with Gasteiger partial charge in [0, 0.05) is 23.8 Å². The molecule has 36 heavy (non-hydrogen) atoms. The van der Waals surface area contributed by atoms with E-state index in [-0.39, 0.29) is 18.1 Å². The largest absolute Gasteiger partial charge is 0.487 e. The zero-order valence-corrected chi connectivity index (χ0v) is 20.3. The maximum absolute atomic E-state index is 12.4. The van der Waals surface area contributed by atoms with Gasteiger partial charge in [0.15, 0.2) is 5.75 Å². The first-order valence-corrected chi connectivity index (χ1v) is 13.3. The van der Waals surface area contributed by atoms with Gasteiger partial charge in [-0.2, -0.15) is 18.4 Å². The predicted molar refractivity (Wildman–Crippen MR) is 128 cm³/mol. The Hall–Kier alpha value is -3.33. The Bertz CT molecular complexity index is 1340. The monoisotopic (exact) mass is 521 g/mol. The number of anilines is 1. The van der Waals surface area contributed by atoms with E-state index in [2.05, 4.69) is 9.97 Å². The van der Waals surface area contributed by atoms with E-state index in [1.54, 1.807) is 6.20 Å². The number of aromatic nitrogens is 3. The van der Waals surface area contributed by atoms with Crippen molar-refractivity contribution in [3.63, 3.8) is 0 Å². The molecule has 0 radical (unpaired) electrons. The molecule has 0 atom stereocenters. The second kappa shape index (κ2) is 10.7. The number of nitrogens with zero attached hydrogens (tertiary/aromatic N) is 4. The molecular formula is C24H26F3N5O3S. The number of alkyl halides is 3. The van der Waals surface area contributed by atoms with Gasteiger partial charge < -0.3 is 9.30 Å². The van der Waals surface area contributed by atoms with Crippen molar-refractivity contribution in [2.75, 3.05) is 10.5 Å². The summed E-state index contributed by atoms with van der Waals surface area (Å²) in [4.78, 5) is 8.45. The molecule has 1 N–H and O–H groups in total. The predicted octanol–water partition coefficient (Wildman–Crippen LogP) is 5.16. The summed E-state index contributed by atoms with van der Waals surface area (Å²) >= 11 is 0. The lowest BCUT2D eigenvalue weighted by atomic mass is 9.87. The van der Waals surface area contributed by atoms with E-state index in [1.165, 1.54) is 56.4 Å². The molecule has 0 unspecified atom stereocenters. The fourth-order valence-electron chi connectivity index (χ4n) is 4.51. The third-order valence-electron chi connectivity index (χ3n) is 6.17. The second-order valence-corrected chi connectivity index (χ2v) is 10.7.